The third-order valence-electron chi connectivity index (χ3n) is 14.1. The van der Waals surface area contributed by atoms with Crippen molar-refractivity contribution < 1.29 is 0 Å². The van der Waals surface area contributed by atoms with Crippen molar-refractivity contribution in [3.63, 3.8) is 0 Å². The molecule has 0 aliphatic heterocycles. The Labute approximate surface area is 371 Å². The number of aromatic nitrogens is 2. The lowest BCUT2D eigenvalue weighted by molar-refractivity contribution is 0.794. The zero-order valence-corrected chi connectivity index (χ0v) is 34.9. The Kier molecular flexibility index (Phi) is 7.32. The number of hydrogen-bond acceptors (Lipinski definition) is 1. The van der Waals surface area contributed by atoms with Crippen LogP contribution in [0.15, 0.2) is 237 Å². The monoisotopic (exact) mass is 813 g/mol. The Bertz CT molecular complexity index is 3810. The number of nitrogens with zero attached hydrogens (tertiary/aromatic N) is 3. The quantitative estimate of drug-likeness (QED) is 0.169. The molecule has 2 aromatic heterocycles. The molecule has 0 unspecified atom stereocenters. The maximum atomic E-state index is 2.60. The average molecular weight is 814 g/mol. The van der Waals surface area contributed by atoms with Crippen LogP contribution in [0.4, 0.5) is 17.1 Å². The molecule has 2 aliphatic carbocycles. The molecule has 3 heteroatoms. The molecular weight excluding hydrogens is 775 g/mol. The van der Waals surface area contributed by atoms with Crippen molar-refractivity contribution in [3.05, 3.63) is 259 Å². The highest BCUT2D eigenvalue weighted by atomic mass is 15.2. The Hall–Kier alpha value is -8.40. The molecule has 2 aliphatic rings. The Morgan fingerprint density at radius 2 is 0.750 bits per heavy atom. The van der Waals surface area contributed by atoms with Crippen molar-refractivity contribution in [2.24, 2.45) is 0 Å². The minimum Gasteiger partial charge on any atom is -0.309 e. The van der Waals surface area contributed by atoms with Gasteiger partial charge in [-0.2, -0.15) is 0 Å². The highest BCUT2D eigenvalue weighted by molar-refractivity contribution is 6.20. The van der Waals surface area contributed by atoms with Crippen LogP contribution in [0.25, 0.3) is 77.2 Å². The molecule has 0 N–H and O–H groups in total. The van der Waals surface area contributed by atoms with Crippen molar-refractivity contribution in [2.75, 3.05) is 4.90 Å². The first-order valence-electron chi connectivity index (χ1n) is 22.2. The molecule has 298 valence electrons. The smallest absolute Gasteiger partial charge is 0.0782 e. The normalized spacial score (nSPS) is 13.1. The van der Waals surface area contributed by atoms with E-state index < -0.39 is 5.41 Å². The molecule has 10 aromatic carbocycles. The van der Waals surface area contributed by atoms with E-state index in [2.05, 4.69) is 251 Å². The van der Waals surface area contributed by atoms with Gasteiger partial charge in [0, 0.05) is 38.5 Å². The number of para-hydroxylation sites is 5. The van der Waals surface area contributed by atoms with E-state index in [9.17, 15) is 0 Å². The summed E-state index contributed by atoms with van der Waals surface area (Å²) < 4.78 is 4.91. The zero-order chi connectivity index (χ0) is 41.9. The fourth-order valence-corrected chi connectivity index (χ4v) is 11.8. The fraction of sp³-hybridized carbons (Fsp3) is 0.0164. The van der Waals surface area contributed by atoms with Gasteiger partial charge in [-0.25, -0.2) is 0 Å². The maximum Gasteiger partial charge on any atom is 0.0782 e. The van der Waals surface area contributed by atoms with Crippen LogP contribution in [0.2, 0.25) is 0 Å². The number of benzene rings is 10. The van der Waals surface area contributed by atoms with Gasteiger partial charge in [-0.1, -0.05) is 176 Å². The van der Waals surface area contributed by atoms with E-state index in [1.807, 2.05) is 0 Å². The second kappa shape index (κ2) is 13.3. The lowest BCUT2D eigenvalue weighted by Gasteiger charge is -2.32. The molecule has 0 saturated heterocycles. The van der Waals surface area contributed by atoms with Crippen LogP contribution in [0.3, 0.4) is 0 Å². The Morgan fingerprint density at radius 1 is 0.297 bits per heavy atom. The third kappa shape index (κ3) is 4.55. The highest BCUT2D eigenvalue weighted by Gasteiger charge is 2.52. The van der Waals surface area contributed by atoms with Gasteiger partial charge < -0.3 is 14.0 Å². The van der Waals surface area contributed by atoms with E-state index in [0.717, 1.165) is 39.5 Å². The van der Waals surface area contributed by atoms with Crippen LogP contribution >= 0.6 is 0 Å². The van der Waals surface area contributed by atoms with Gasteiger partial charge in [0.2, 0.25) is 0 Å². The molecule has 0 radical (unpaired) electrons. The van der Waals surface area contributed by atoms with Crippen LogP contribution < -0.4 is 4.90 Å². The van der Waals surface area contributed by atoms with Gasteiger partial charge in [-0.3, -0.25) is 0 Å². The van der Waals surface area contributed by atoms with Gasteiger partial charge in [0.05, 0.1) is 44.5 Å². The van der Waals surface area contributed by atoms with Gasteiger partial charge >= 0.3 is 0 Å². The summed E-state index contributed by atoms with van der Waals surface area (Å²) in [6, 6.07) is 87.6. The first-order chi connectivity index (χ1) is 31.8. The summed E-state index contributed by atoms with van der Waals surface area (Å²) in [4.78, 5) is 2.60. The molecule has 0 atom stereocenters. The Morgan fingerprint density at radius 3 is 1.45 bits per heavy atom. The fourth-order valence-electron chi connectivity index (χ4n) is 11.8. The molecular formula is C61H39N3. The molecule has 0 amide bonds. The molecule has 0 bridgehead atoms. The Balaban J connectivity index is 1.17. The van der Waals surface area contributed by atoms with Gasteiger partial charge in [0.15, 0.2) is 0 Å². The molecule has 14 rings (SSSR count). The largest absolute Gasteiger partial charge is 0.309 e. The van der Waals surface area contributed by atoms with Crippen LogP contribution in [-0.4, -0.2) is 9.13 Å². The summed E-state index contributed by atoms with van der Waals surface area (Å²) in [7, 11) is 0. The number of rotatable bonds is 5. The topological polar surface area (TPSA) is 13.1 Å². The van der Waals surface area contributed by atoms with E-state index >= 15 is 0 Å². The molecule has 0 fully saturated rings. The highest BCUT2D eigenvalue weighted by Crippen LogP contribution is 2.65. The van der Waals surface area contributed by atoms with Crippen LogP contribution in [0, 0.1) is 0 Å². The van der Waals surface area contributed by atoms with Crippen LogP contribution in [0.5, 0.6) is 0 Å². The molecule has 12 aromatic rings. The van der Waals surface area contributed by atoms with E-state index in [1.165, 1.54) is 77.1 Å². The van der Waals surface area contributed by atoms with Crippen molar-refractivity contribution >= 4 is 60.7 Å². The summed E-state index contributed by atoms with van der Waals surface area (Å²) in [5, 5.41) is 4.85. The van der Waals surface area contributed by atoms with Crippen molar-refractivity contribution in [2.45, 2.75) is 5.41 Å². The van der Waals surface area contributed by atoms with Crippen molar-refractivity contribution in [1.29, 1.82) is 0 Å². The summed E-state index contributed by atoms with van der Waals surface area (Å²) in [5.41, 5.74) is 20.3. The predicted molar refractivity (Wildman–Crippen MR) is 266 cm³/mol. The summed E-state index contributed by atoms with van der Waals surface area (Å²) in [6.07, 6.45) is 0. The lowest BCUT2D eigenvalue weighted by atomic mass is 9.70. The first kappa shape index (κ1) is 35.2. The summed E-state index contributed by atoms with van der Waals surface area (Å²) in [6.45, 7) is 0. The first-order valence-corrected chi connectivity index (χ1v) is 22.2. The van der Waals surface area contributed by atoms with Crippen molar-refractivity contribution in [1.82, 2.24) is 9.13 Å². The van der Waals surface area contributed by atoms with E-state index in [-0.39, 0.29) is 0 Å². The molecule has 64 heavy (non-hydrogen) atoms. The second-order valence-electron chi connectivity index (χ2n) is 17.1. The summed E-state index contributed by atoms with van der Waals surface area (Å²) in [5.74, 6) is 0. The van der Waals surface area contributed by atoms with E-state index in [4.69, 9.17) is 0 Å². The van der Waals surface area contributed by atoms with Crippen molar-refractivity contribution in [3.8, 4) is 33.6 Å². The van der Waals surface area contributed by atoms with Gasteiger partial charge in [-0.15, -0.1) is 0 Å². The van der Waals surface area contributed by atoms with Gasteiger partial charge in [0.25, 0.3) is 0 Å². The predicted octanol–water partition coefficient (Wildman–Crippen LogP) is 15.7. The zero-order valence-electron chi connectivity index (χ0n) is 34.9. The average Bonchev–Trinajstić information content (AvgIpc) is 4.08. The molecule has 1 spiro atoms. The van der Waals surface area contributed by atoms with E-state index in [0.29, 0.717) is 0 Å². The molecule has 2 heterocycles. The number of anilines is 3. The summed E-state index contributed by atoms with van der Waals surface area (Å²) >= 11 is 0. The third-order valence-corrected chi connectivity index (χ3v) is 14.1. The maximum absolute atomic E-state index is 2.60. The van der Waals surface area contributed by atoms with Gasteiger partial charge in [-0.05, 0) is 99.6 Å². The SMILES string of the molecule is c1ccc(-n2c3ccccc3c3c(N(c4cccc5c4-c4ccccc4C54c5ccccc5-c5ccccc54)c4cccc5c6ccccc6n(-c6ccccc6)c45)cccc32)cc1. The van der Waals surface area contributed by atoms with Gasteiger partial charge in [0.1, 0.15) is 0 Å². The standard InChI is InChI=1S/C61H39N3/c1-3-20-40(21-4-1)62-53-35-16-11-28-47(53)59-55(62)37-19-38-56(59)64(57-39-17-29-45-44-26-10-15-34-52(44)63(60(45)57)41-22-5-2-6-23-41)54-36-18-33-51-58(54)46-27-9-14-32-50(46)61(51)48-30-12-7-24-42(48)43-25-8-13-31-49(43)61/h1-39H. The number of hydrogen-bond donors (Lipinski definition) is 0. The van der Waals surface area contributed by atoms with Crippen LogP contribution in [0.1, 0.15) is 22.3 Å². The van der Waals surface area contributed by atoms with E-state index in [1.54, 1.807) is 0 Å². The molecule has 3 nitrogen and oxygen atoms in total. The minimum absolute atomic E-state index is 0.485. The molecule has 0 saturated carbocycles. The lowest BCUT2D eigenvalue weighted by Crippen LogP contribution is -2.26. The second-order valence-corrected chi connectivity index (χ2v) is 17.1. The van der Waals surface area contributed by atoms with Crippen LogP contribution in [-0.2, 0) is 5.41 Å². The minimum atomic E-state index is -0.485. The number of fused-ring (bicyclic) bond motifs is 16.